The molecule has 2 heteroatoms. The summed E-state index contributed by atoms with van der Waals surface area (Å²) in [5.74, 6) is 0. The third-order valence-corrected chi connectivity index (χ3v) is 2.05. The van der Waals surface area contributed by atoms with Crippen LogP contribution in [0.1, 0.15) is 0 Å². The van der Waals surface area contributed by atoms with E-state index >= 15 is 0 Å². The number of para-hydroxylation sites is 1. The van der Waals surface area contributed by atoms with Gasteiger partial charge in [-0.25, -0.2) is 0 Å². The Labute approximate surface area is 133 Å². The molecule has 0 unspecified atom stereocenters. The normalized spacial score (nSPS) is 9.14. The molecule has 2 rings (SSSR count). The van der Waals surface area contributed by atoms with E-state index in [2.05, 4.69) is 12.1 Å². The van der Waals surface area contributed by atoms with Gasteiger partial charge < -0.3 is 5.73 Å². The van der Waals surface area contributed by atoms with Crippen molar-refractivity contribution in [2.45, 2.75) is 0 Å². The SMILES string of the molecule is Nc1ccccc1-c1ccccc1.[Rb]. The van der Waals surface area contributed by atoms with Crippen molar-refractivity contribution in [3.8, 4) is 11.1 Å². The Hall–Kier alpha value is 0.0452. The van der Waals surface area contributed by atoms with Crippen LogP contribution in [0.25, 0.3) is 11.1 Å². The molecule has 0 saturated carbocycles. The zero-order chi connectivity index (χ0) is 9.10. The van der Waals surface area contributed by atoms with Crippen LogP contribution in [0.3, 0.4) is 0 Å². The summed E-state index contributed by atoms with van der Waals surface area (Å²) in [6, 6.07) is 18.1. The quantitative estimate of drug-likeness (QED) is 0.778. The van der Waals surface area contributed by atoms with E-state index in [0.717, 1.165) is 11.3 Å². The van der Waals surface area contributed by atoms with Gasteiger partial charge in [0.1, 0.15) is 0 Å². The van der Waals surface area contributed by atoms with Crippen LogP contribution < -0.4 is 5.73 Å². The van der Waals surface area contributed by atoms with Gasteiger partial charge in [0.25, 0.3) is 0 Å². The monoisotopic (exact) mass is 254 g/mol. The van der Waals surface area contributed by atoms with E-state index in [1.807, 2.05) is 42.5 Å². The van der Waals surface area contributed by atoms with Gasteiger partial charge in [-0.15, -0.1) is 0 Å². The van der Waals surface area contributed by atoms with Gasteiger partial charge in [-0.05, 0) is 11.6 Å². The van der Waals surface area contributed by atoms with E-state index in [9.17, 15) is 0 Å². The van der Waals surface area contributed by atoms with Crippen molar-refractivity contribution >= 4 is 63.9 Å². The van der Waals surface area contributed by atoms with E-state index < -0.39 is 0 Å². The van der Waals surface area contributed by atoms with Gasteiger partial charge in [0.05, 0.1) is 0 Å². The Morgan fingerprint density at radius 3 is 1.93 bits per heavy atom. The number of nitrogen functional groups attached to an aromatic ring is 1. The summed E-state index contributed by atoms with van der Waals surface area (Å²) < 4.78 is 0. The van der Waals surface area contributed by atoms with Gasteiger partial charge in [-0.3, -0.25) is 0 Å². The molecule has 0 fully saturated rings. The molecule has 2 aromatic rings. The van der Waals surface area contributed by atoms with Gasteiger partial charge >= 0.3 is 0 Å². The predicted octanol–water partition coefficient (Wildman–Crippen LogP) is 2.56. The van der Waals surface area contributed by atoms with E-state index in [0.29, 0.717) is 0 Å². The molecule has 0 amide bonds. The molecule has 0 saturated heterocycles. The fraction of sp³-hybridized carbons (Fsp3) is 0. The number of rotatable bonds is 1. The Morgan fingerprint density at radius 1 is 0.714 bits per heavy atom. The molecule has 0 aliphatic carbocycles. The number of benzene rings is 2. The van der Waals surface area contributed by atoms with Crippen molar-refractivity contribution in [2.24, 2.45) is 0 Å². The van der Waals surface area contributed by atoms with Crippen LogP contribution >= 0.6 is 0 Å². The average molecular weight is 255 g/mol. The van der Waals surface area contributed by atoms with Crippen LogP contribution in [0, 0.1) is 0 Å². The van der Waals surface area contributed by atoms with Crippen molar-refractivity contribution in [1.82, 2.24) is 0 Å². The molecule has 0 aliphatic rings. The summed E-state index contributed by atoms with van der Waals surface area (Å²) in [6.45, 7) is 0. The molecule has 2 aromatic carbocycles. The first kappa shape index (κ1) is 12.1. The van der Waals surface area contributed by atoms with Crippen LogP contribution in [0.15, 0.2) is 54.6 Å². The first-order chi connectivity index (χ1) is 6.38. The van der Waals surface area contributed by atoms with Crippen LogP contribution in [-0.2, 0) is 0 Å². The third-order valence-electron chi connectivity index (χ3n) is 2.05. The van der Waals surface area contributed by atoms with E-state index in [1.54, 1.807) is 0 Å². The van der Waals surface area contributed by atoms with Gasteiger partial charge in [0, 0.05) is 69.4 Å². The third kappa shape index (κ3) is 2.77. The minimum Gasteiger partial charge on any atom is -0.398 e. The summed E-state index contributed by atoms with van der Waals surface area (Å²) in [5, 5.41) is 0. The van der Waals surface area contributed by atoms with E-state index in [4.69, 9.17) is 5.73 Å². The zero-order valence-corrected chi connectivity index (χ0v) is 13.2. The molecule has 0 aliphatic heterocycles. The molecule has 0 heterocycles. The van der Waals surface area contributed by atoms with E-state index in [1.165, 1.54) is 5.56 Å². The second-order valence-electron chi connectivity index (χ2n) is 2.95. The Bertz CT molecular complexity index is 398. The zero-order valence-electron chi connectivity index (χ0n) is 8.27. The van der Waals surface area contributed by atoms with Gasteiger partial charge in [0.15, 0.2) is 0 Å². The molecule has 1 nitrogen and oxygen atoms in total. The van der Waals surface area contributed by atoms with Crippen molar-refractivity contribution in [3.05, 3.63) is 54.6 Å². The van der Waals surface area contributed by atoms with Crippen molar-refractivity contribution in [1.29, 1.82) is 0 Å². The maximum atomic E-state index is 5.85. The minimum atomic E-state index is 0. The van der Waals surface area contributed by atoms with Crippen molar-refractivity contribution in [2.75, 3.05) is 5.73 Å². The standard InChI is InChI=1S/C12H11N.Rb/c13-12-9-5-4-8-11(12)10-6-2-1-3-7-10;/h1-9H,13H2;. The summed E-state index contributed by atoms with van der Waals surface area (Å²) in [4.78, 5) is 0. The fourth-order valence-corrected chi connectivity index (χ4v) is 1.38. The number of hydrogen-bond acceptors (Lipinski definition) is 1. The van der Waals surface area contributed by atoms with Gasteiger partial charge in [-0.2, -0.15) is 0 Å². The molecule has 0 atom stereocenters. The second-order valence-corrected chi connectivity index (χ2v) is 2.95. The molecule has 2 N–H and O–H groups in total. The summed E-state index contributed by atoms with van der Waals surface area (Å²) in [5.41, 5.74) is 8.95. The molecule has 14 heavy (non-hydrogen) atoms. The first-order valence-corrected chi connectivity index (χ1v) is 4.28. The molecular weight excluding hydrogens is 244 g/mol. The van der Waals surface area contributed by atoms with Gasteiger partial charge in [0.2, 0.25) is 0 Å². The maximum Gasteiger partial charge on any atom is 0.0393 e. The Balaban J connectivity index is 0.000000980. The maximum absolute atomic E-state index is 5.85. The fourth-order valence-electron chi connectivity index (χ4n) is 1.38. The summed E-state index contributed by atoms with van der Waals surface area (Å²) in [6.07, 6.45) is 0. The predicted molar refractivity (Wildman–Crippen MR) is 62.0 cm³/mol. The Kier molecular flexibility index (Phi) is 5.03. The second kappa shape index (κ2) is 5.81. The summed E-state index contributed by atoms with van der Waals surface area (Å²) >= 11 is 0. The van der Waals surface area contributed by atoms with Crippen molar-refractivity contribution in [3.63, 3.8) is 0 Å². The molecule has 0 aromatic heterocycles. The first-order valence-electron chi connectivity index (χ1n) is 4.28. The molecule has 65 valence electrons. The van der Waals surface area contributed by atoms with Gasteiger partial charge in [-0.1, -0.05) is 48.5 Å². The molecule has 1 radical (unpaired) electrons. The average Bonchev–Trinajstić information content (AvgIpc) is 2.20. The number of anilines is 1. The number of hydrogen-bond donors (Lipinski definition) is 1. The molecule has 0 bridgehead atoms. The Morgan fingerprint density at radius 2 is 1.29 bits per heavy atom. The van der Waals surface area contributed by atoms with Crippen LogP contribution in [0.4, 0.5) is 5.69 Å². The van der Waals surface area contributed by atoms with Crippen LogP contribution in [0.2, 0.25) is 0 Å². The van der Waals surface area contributed by atoms with E-state index in [-0.39, 0.29) is 58.2 Å². The van der Waals surface area contributed by atoms with Crippen LogP contribution in [-0.4, -0.2) is 58.2 Å². The van der Waals surface area contributed by atoms with Crippen LogP contribution in [0.5, 0.6) is 0 Å². The van der Waals surface area contributed by atoms with Crippen molar-refractivity contribution < 1.29 is 0 Å². The largest absolute Gasteiger partial charge is 0.398 e. The molecular formula is C12H11NRb. The smallest absolute Gasteiger partial charge is 0.0393 e. The molecule has 0 spiro atoms. The summed E-state index contributed by atoms with van der Waals surface area (Å²) in [7, 11) is 0. The topological polar surface area (TPSA) is 26.0 Å². The minimum absolute atomic E-state index is 0. The number of nitrogens with two attached hydrogens (primary N) is 1.